The molecule has 4 amide bonds. The fraction of sp³-hybridized carbons (Fsp3) is 0.462. The molecule has 1 atom stereocenters. The van der Waals surface area contributed by atoms with E-state index in [0.29, 0.717) is 0 Å². The van der Waals surface area contributed by atoms with Gasteiger partial charge in [0, 0.05) is 17.1 Å². The highest BCUT2D eigenvalue weighted by molar-refractivity contribution is 6.09. The summed E-state index contributed by atoms with van der Waals surface area (Å²) in [6.45, 7) is 1.47. The summed E-state index contributed by atoms with van der Waals surface area (Å²) in [7, 11) is 0. The number of aromatic nitrogens is 1. The molecule has 2 aliphatic carbocycles. The van der Waals surface area contributed by atoms with Crippen LogP contribution in [0.5, 0.6) is 0 Å². The number of nitrogens with zero attached hydrogens (tertiary/aromatic N) is 2. The molecule has 2 aromatic rings. The predicted octanol–water partition coefficient (Wildman–Crippen LogP) is 3.13. The van der Waals surface area contributed by atoms with Crippen molar-refractivity contribution >= 4 is 28.7 Å². The number of fused-ring (bicyclic) bond motifs is 1. The van der Waals surface area contributed by atoms with Gasteiger partial charge in [0.15, 0.2) is 0 Å². The molecule has 3 aliphatic rings. The highest BCUT2D eigenvalue weighted by Gasteiger charge is 2.56. The molecule has 0 radical (unpaired) electrons. The topological polar surface area (TPSA) is 91.4 Å². The molecular formula is C26H28N4O3. The smallest absolute Gasteiger partial charge is 0.325 e. The molecule has 7 nitrogen and oxygen atoms in total. The normalized spacial score (nSPS) is 24.2. The summed E-state index contributed by atoms with van der Waals surface area (Å²) in [6, 6.07) is 9.38. The molecule has 0 bridgehead atoms. The monoisotopic (exact) mass is 444 g/mol. The molecule has 3 fully saturated rings. The standard InChI is InChI=1S/C26H28N4O3/c1-25(20-9-10-20)23(32)30(24(33)29-25)17-22(31)28-26(12-5-2-6-13-26)14-11-18-15-19-7-3-4-8-21(19)27-16-18/h3-4,7-8,15-16,20H,2,5-6,9-10,12-13,17H2,1H3,(H,28,31)(H,29,33)/t25-/m1/s1. The lowest BCUT2D eigenvalue weighted by molar-refractivity contribution is -0.135. The molecule has 0 unspecified atom stereocenters. The minimum atomic E-state index is -0.886. The Morgan fingerprint density at radius 3 is 2.73 bits per heavy atom. The van der Waals surface area contributed by atoms with E-state index in [9.17, 15) is 14.4 Å². The first-order chi connectivity index (χ1) is 15.9. The van der Waals surface area contributed by atoms with E-state index in [1.807, 2.05) is 30.3 Å². The van der Waals surface area contributed by atoms with Gasteiger partial charge < -0.3 is 10.6 Å². The number of carbonyl (C=O) groups excluding carboxylic acids is 3. The van der Waals surface area contributed by atoms with E-state index in [-0.39, 0.29) is 24.3 Å². The van der Waals surface area contributed by atoms with E-state index in [1.54, 1.807) is 13.1 Å². The highest BCUT2D eigenvalue weighted by atomic mass is 16.2. The quantitative estimate of drug-likeness (QED) is 0.560. The zero-order chi connectivity index (χ0) is 23.1. The van der Waals surface area contributed by atoms with Crippen LogP contribution in [0.25, 0.3) is 10.9 Å². The van der Waals surface area contributed by atoms with Crippen LogP contribution in [0.2, 0.25) is 0 Å². The van der Waals surface area contributed by atoms with Crippen molar-refractivity contribution in [2.45, 2.75) is 62.9 Å². The molecular weight excluding hydrogens is 416 g/mol. The molecule has 33 heavy (non-hydrogen) atoms. The number of hydrogen-bond acceptors (Lipinski definition) is 4. The maximum atomic E-state index is 13.0. The van der Waals surface area contributed by atoms with E-state index in [1.165, 1.54) is 0 Å². The Labute approximate surface area is 193 Å². The van der Waals surface area contributed by atoms with Crippen LogP contribution in [-0.4, -0.2) is 45.4 Å². The van der Waals surface area contributed by atoms with Crippen molar-refractivity contribution in [1.82, 2.24) is 20.5 Å². The molecule has 170 valence electrons. The summed E-state index contributed by atoms with van der Waals surface area (Å²) in [5.41, 5.74) is 0.153. The van der Waals surface area contributed by atoms with Gasteiger partial charge in [-0.2, -0.15) is 0 Å². The molecule has 1 aromatic carbocycles. The molecule has 2 saturated carbocycles. The summed E-state index contributed by atoms with van der Waals surface area (Å²) >= 11 is 0. The van der Waals surface area contributed by atoms with Crippen LogP contribution in [0.3, 0.4) is 0 Å². The van der Waals surface area contributed by atoms with Crippen LogP contribution in [0.15, 0.2) is 36.5 Å². The van der Waals surface area contributed by atoms with E-state index in [2.05, 4.69) is 27.5 Å². The van der Waals surface area contributed by atoms with E-state index in [4.69, 9.17) is 0 Å². The van der Waals surface area contributed by atoms with Crippen molar-refractivity contribution in [2.75, 3.05) is 6.54 Å². The average Bonchev–Trinajstić information content (AvgIpc) is 3.64. The van der Waals surface area contributed by atoms with Crippen LogP contribution in [0.1, 0.15) is 57.4 Å². The van der Waals surface area contributed by atoms with Crippen molar-refractivity contribution in [3.63, 3.8) is 0 Å². The van der Waals surface area contributed by atoms with E-state index in [0.717, 1.165) is 66.3 Å². The second-order valence-corrected chi connectivity index (χ2v) is 9.66. The third kappa shape index (κ3) is 4.18. The van der Waals surface area contributed by atoms with Gasteiger partial charge in [0.1, 0.15) is 17.6 Å². The summed E-state index contributed by atoms with van der Waals surface area (Å²) in [6.07, 6.45) is 8.11. The first-order valence-corrected chi connectivity index (χ1v) is 11.7. The Balaban J connectivity index is 1.33. The number of amides is 4. The van der Waals surface area contributed by atoms with Crippen LogP contribution in [-0.2, 0) is 9.59 Å². The summed E-state index contributed by atoms with van der Waals surface area (Å²) in [5.74, 6) is 6.02. The van der Waals surface area contributed by atoms with E-state index >= 15 is 0 Å². The van der Waals surface area contributed by atoms with Gasteiger partial charge in [0.05, 0.1) is 5.52 Å². The zero-order valence-electron chi connectivity index (χ0n) is 18.8. The molecule has 2 N–H and O–H groups in total. The van der Waals surface area contributed by atoms with Crippen LogP contribution in [0.4, 0.5) is 4.79 Å². The number of imide groups is 1. The zero-order valence-corrected chi connectivity index (χ0v) is 18.8. The summed E-state index contributed by atoms with van der Waals surface area (Å²) in [5, 5.41) is 6.88. The van der Waals surface area contributed by atoms with Gasteiger partial charge in [0.25, 0.3) is 5.91 Å². The number of pyridine rings is 1. The van der Waals surface area contributed by atoms with Crippen LogP contribution >= 0.6 is 0 Å². The predicted molar refractivity (Wildman–Crippen MR) is 124 cm³/mol. The summed E-state index contributed by atoms with van der Waals surface area (Å²) < 4.78 is 0. The van der Waals surface area contributed by atoms with Crippen molar-refractivity contribution in [3.05, 3.63) is 42.1 Å². The van der Waals surface area contributed by atoms with Gasteiger partial charge >= 0.3 is 6.03 Å². The maximum absolute atomic E-state index is 13.0. The molecule has 5 rings (SSSR count). The average molecular weight is 445 g/mol. The third-order valence-electron chi connectivity index (χ3n) is 7.12. The van der Waals surface area contributed by atoms with Crippen molar-refractivity contribution in [3.8, 4) is 11.8 Å². The highest BCUT2D eigenvalue weighted by Crippen LogP contribution is 2.42. The van der Waals surface area contributed by atoms with Crippen molar-refractivity contribution in [2.24, 2.45) is 5.92 Å². The van der Waals surface area contributed by atoms with Gasteiger partial charge in [-0.15, -0.1) is 0 Å². The number of rotatable bonds is 4. The number of hydrogen-bond donors (Lipinski definition) is 2. The second kappa shape index (κ2) is 8.18. The molecule has 7 heteroatoms. The van der Waals surface area contributed by atoms with Gasteiger partial charge in [-0.1, -0.05) is 49.3 Å². The molecule has 1 saturated heterocycles. The molecule has 1 aromatic heterocycles. The first kappa shape index (κ1) is 21.4. The van der Waals surface area contributed by atoms with Crippen LogP contribution < -0.4 is 10.6 Å². The van der Waals surface area contributed by atoms with Crippen LogP contribution in [0, 0.1) is 17.8 Å². The van der Waals surface area contributed by atoms with E-state index < -0.39 is 17.1 Å². The first-order valence-electron chi connectivity index (χ1n) is 11.7. The Morgan fingerprint density at radius 2 is 1.97 bits per heavy atom. The SMILES string of the molecule is C[C@]1(C2CC2)NC(=O)N(CC(=O)NC2(C#Cc3cnc4ccccc4c3)CCCCC2)C1=O. The minimum Gasteiger partial charge on any atom is -0.338 e. The Bertz CT molecular complexity index is 1190. The largest absolute Gasteiger partial charge is 0.338 e. The fourth-order valence-corrected chi connectivity index (χ4v) is 5.01. The Hall–Kier alpha value is -3.40. The summed E-state index contributed by atoms with van der Waals surface area (Å²) in [4.78, 5) is 43.8. The molecule has 2 heterocycles. The second-order valence-electron chi connectivity index (χ2n) is 9.66. The number of nitrogens with one attached hydrogen (secondary N) is 2. The lowest BCUT2D eigenvalue weighted by Gasteiger charge is -2.34. The minimum absolute atomic E-state index is 0.160. The Morgan fingerprint density at radius 1 is 1.21 bits per heavy atom. The van der Waals surface area contributed by atoms with Crippen molar-refractivity contribution < 1.29 is 14.4 Å². The third-order valence-corrected chi connectivity index (χ3v) is 7.12. The number of urea groups is 1. The van der Waals surface area contributed by atoms with Gasteiger partial charge in [-0.3, -0.25) is 19.5 Å². The molecule has 1 aliphatic heterocycles. The number of para-hydroxylation sites is 1. The number of benzene rings is 1. The molecule has 0 spiro atoms. The van der Waals surface area contributed by atoms with Gasteiger partial charge in [-0.25, -0.2) is 4.79 Å². The van der Waals surface area contributed by atoms with Gasteiger partial charge in [-0.05, 0) is 50.7 Å². The van der Waals surface area contributed by atoms with Crippen molar-refractivity contribution in [1.29, 1.82) is 0 Å². The maximum Gasteiger partial charge on any atom is 0.325 e. The Kier molecular flexibility index (Phi) is 5.32. The van der Waals surface area contributed by atoms with Gasteiger partial charge in [0.2, 0.25) is 5.91 Å². The lowest BCUT2D eigenvalue weighted by atomic mass is 9.82. The fourth-order valence-electron chi connectivity index (χ4n) is 5.01. The number of carbonyl (C=O) groups is 3. The lowest BCUT2D eigenvalue weighted by Crippen LogP contribution is -2.53.